The number of carbonyl (C=O) groups excluding carboxylic acids is 1. The number of anilines is 2. The summed E-state index contributed by atoms with van der Waals surface area (Å²) in [5.74, 6) is -1.76. The summed E-state index contributed by atoms with van der Waals surface area (Å²) in [5.41, 5.74) is 6.80. The molecular weight excluding hydrogens is 262 g/mol. The number of nitrogens with zero attached hydrogens (tertiary/aromatic N) is 2. The van der Waals surface area contributed by atoms with Gasteiger partial charge in [-0.25, -0.2) is 4.98 Å². The number of nitrogen functional groups attached to an aromatic ring is 1. The third kappa shape index (κ3) is 2.61. The zero-order valence-corrected chi connectivity index (χ0v) is 10.7. The molecule has 1 aromatic carbocycles. The molecule has 0 aliphatic carbocycles. The van der Waals surface area contributed by atoms with Crippen molar-refractivity contribution in [2.45, 2.75) is 6.92 Å². The fourth-order valence-corrected chi connectivity index (χ4v) is 1.76. The molecular formula is C13H13N3O4. The van der Waals surface area contributed by atoms with E-state index in [1.807, 2.05) is 0 Å². The van der Waals surface area contributed by atoms with Crippen LogP contribution < -0.4 is 10.6 Å². The van der Waals surface area contributed by atoms with E-state index in [0.29, 0.717) is 17.1 Å². The van der Waals surface area contributed by atoms with Crippen molar-refractivity contribution < 1.29 is 19.1 Å². The molecule has 0 aliphatic heterocycles. The minimum absolute atomic E-state index is 0.00509. The number of benzene rings is 1. The van der Waals surface area contributed by atoms with Gasteiger partial charge in [0.2, 0.25) is 5.76 Å². The van der Waals surface area contributed by atoms with E-state index in [-0.39, 0.29) is 5.76 Å². The maximum absolute atomic E-state index is 12.4. The molecule has 2 aromatic rings. The number of aliphatic carboxylic acids is 1. The van der Waals surface area contributed by atoms with Crippen molar-refractivity contribution in [3.63, 3.8) is 0 Å². The van der Waals surface area contributed by atoms with Gasteiger partial charge < -0.3 is 15.3 Å². The van der Waals surface area contributed by atoms with Crippen molar-refractivity contribution in [3.05, 3.63) is 42.1 Å². The zero-order valence-electron chi connectivity index (χ0n) is 10.7. The number of amides is 1. The van der Waals surface area contributed by atoms with E-state index >= 15 is 0 Å². The normalized spacial score (nSPS) is 10.2. The van der Waals surface area contributed by atoms with E-state index in [2.05, 4.69) is 4.98 Å². The molecule has 0 radical (unpaired) electrons. The van der Waals surface area contributed by atoms with Gasteiger partial charge in [-0.3, -0.25) is 14.5 Å². The first-order chi connectivity index (χ1) is 9.50. The molecule has 0 bridgehead atoms. The summed E-state index contributed by atoms with van der Waals surface area (Å²) in [4.78, 5) is 28.2. The number of carboxylic acids is 1. The molecule has 3 N–H and O–H groups in total. The van der Waals surface area contributed by atoms with E-state index in [1.165, 1.54) is 0 Å². The van der Waals surface area contributed by atoms with Crippen LogP contribution in [-0.4, -0.2) is 28.5 Å². The maximum Gasteiger partial charge on any atom is 0.323 e. The second-order valence-corrected chi connectivity index (χ2v) is 4.11. The quantitative estimate of drug-likeness (QED) is 0.814. The van der Waals surface area contributed by atoms with Crippen LogP contribution in [0.5, 0.6) is 0 Å². The summed E-state index contributed by atoms with van der Waals surface area (Å²) < 4.78 is 5.01. The highest BCUT2D eigenvalue weighted by Crippen LogP contribution is 2.24. The first-order valence-electron chi connectivity index (χ1n) is 5.79. The van der Waals surface area contributed by atoms with Crippen molar-refractivity contribution in [1.29, 1.82) is 0 Å². The predicted molar refractivity (Wildman–Crippen MR) is 71.4 cm³/mol. The Morgan fingerprint density at radius 2 is 2.10 bits per heavy atom. The maximum atomic E-state index is 12.4. The van der Waals surface area contributed by atoms with Crippen molar-refractivity contribution in [3.8, 4) is 0 Å². The lowest BCUT2D eigenvalue weighted by Gasteiger charge is -2.21. The lowest BCUT2D eigenvalue weighted by atomic mass is 10.2. The zero-order chi connectivity index (χ0) is 14.7. The molecule has 0 fully saturated rings. The number of hydrogen-bond donors (Lipinski definition) is 2. The highest BCUT2D eigenvalue weighted by molar-refractivity contribution is 6.08. The van der Waals surface area contributed by atoms with Crippen molar-refractivity contribution >= 4 is 23.3 Å². The number of aromatic nitrogens is 1. The van der Waals surface area contributed by atoms with E-state index in [0.717, 1.165) is 11.3 Å². The molecule has 1 heterocycles. The molecule has 0 saturated heterocycles. The SMILES string of the molecule is Cc1ncoc1C(=O)N(CC(=O)O)c1ccccc1N. The third-order valence-electron chi connectivity index (χ3n) is 2.71. The van der Waals surface area contributed by atoms with Crippen molar-refractivity contribution in [2.24, 2.45) is 0 Å². The molecule has 1 aromatic heterocycles. The summed E-state index contributed by atoms with van der Waals surface area (Å²) in [6, 6.07) is 6.52. The molecule has 0 unspecified atom stereocenters. The highest BCUT2D eigenvalue weighted by atomic mass is 16.4. The van der Waals surface area contributed by atoms with Gasteiger partial charge in [0, 0.05) is 0 Å². The predicted octanol–water partition coefficient (Wildman–Crippen LogP) is 1.30. The van der Waals surface area contributed by atoms with E-state index < -0.39 is 18.4 Å². The first-order valence-corrected chi connectivity index (χ1v) is 5.79. The van der Waals surface area contributed by atoms with Crippen LogP contribution in [0.2, 0.25) is 0 Å². The Morgan fingerprint density at radius 1 is 1.40 bits per heavy atom. The fourth-order valence-electron chi connectivity index (χ4n) is 1.76. The second-order valence-electron chi connectivity index (χ2n) is 4.11. The third-order valence-corrected chi connectivity index (χ3v) is 2.71. The topological polar surface area (TPSA) is 110 Å². The van der Waals surface area contributed by atoms with Crippen LogP contribution in [0.4, 0.5) is 11.4 Å². The van der Waals surface area contributed by atoms with Crippen LogP contribution in [0.15, 0.2) is 35.1 Å². The van der Waals surface area contributed by atoms with Gasteiger partial charge in [0.1, 0.15) is 6.54 Å². The lowest BCUT2D eigenvalue weighted by Crippen LogP contribution is -2.36. The van der Waals surface area contributed by atoms with Crippen molar-refractivity contribution in [2.75, 3.05) is 17.2 Å². The molecule has 0 saturated carbocycles. The molecule has 0 atom stereocenters. The largest absolute Gasteiger partial charge is 0.480 e. The van der Waals surface area contributed by atoms with Crippen LogP contribution in [0.25, 0.3) is 0 Å². The summed E-state index contributed by atoms with van der Waals surface area (Å²) in [6.45, 7) is 1.08. The standard InChI is InChI=1S/C13H13N3O4/c1-8-12(20-7-15-8)13(19)16(6-11(17)18)10-5-3-2-4-9(10)14/h2-5,7H,6,14H2,1H3,(H,17,18). The highest BCUT2D eigenvalue weighted by Gasteiger charge is 2.26. The van der Waals surface area contributed by atoms with Gasteiger partial charge in [-0.2, -0.15) is 0 Å². The average Bonchev–Trinajstić information content (AvgIpc) is 2.82. The molecule has 7 nitrogen and oxygen atoms in total. The number of carbonyl (C=O) groups is 2. The van der Waals surface area contributed by atoms with Gasteiger partial charge >= 0.3 is 5.97 Å². The molecule has 20 heavy (non-hydrogen) atoms. The molecule has 2 rings (SSSR count). The summed E-state index contributed by atoms with van der Waals surface area (Å²) >= 11 is 0. The van der Waals surface area contributed by atoms with E-state index in [4.69, 9.17) is 15.3 Å². The Morgan fingerprint density at radius 3 is 2.65 bits per heavy atom. The van der Waals surface area contributed by atoms with Gasteiger partial charge in [0.15, 0.2) is 6.39 Å². The molecule has 1 amide bonds. The average molecular weight is 275 g/mol. The smallest absolute Gasteiger partial charge is 0.323 e. The van der Waals surface area contributed by atoms with Crippen LogP contribution in [0.1, 0.15) is 16.2 Å². The molecule has 0 aliphatic rings. The number of oxazole rings is 1. The lowest BCUT2D eigenvalue weighted by molar-refractivity contribution is -0.135. The van der Waals surface area contributed by atoms with Crippen LogP contribution in [-0.2, 0) is 4.79 Å². The van der Waals surface area contributed by atoms with Crippen molar-refractivity contribution in [1.82, 2.24) is 4.98 Å². The van der Waals surface area contributed by atoms with Crippen LogP contribution in [0, 0.1) is 6.92 Å². The number of rotatable bonds is 4. The summed E-state index contributed by atoms with van der Waals surface area (Å²) in [7, 11) is 0. The Bertz CT molecular complexity index is 651. The summed E-state index contributed by atoms with van der Waals surface area (Å²) in [6.07, 6.45) is 1.13. The van der Waals surface area contributed by atoms with Gasteiger partial charge in [0.05, 0.1) is 17.1 Å². The number of aryl methyl sites for hydroxylation is 1. The molecule has 7 heteroatoms. The molecule has 0 spiro atoms. The monoisotopic (exact) mass is 275 g/mol. The Labute approximate surface area is 114 Å². The Hall–Kier alpha value is -2.83. The van der Waals surface area contributed by atoms with E-state index in [1.54, 1.807) is 31.2 Å². The number of carboxylic acid groups (broad SMARTS) is 1. The van der Waals surface area contributed by atoms with Gasteiger partial charge in [-0.05, 0) is 19.1 Å². The van der Waals surface area contributed by atoms with Gasteiger partial charge in [0.25, 0.3) is 5.91 Å². The van der Waals surface area contributed by atoms with Crippen LogP contribution in [0.3, 0.4) is 0 Å². The number of nitrogens with two attached hydrogens (primary N) is 1. The summed E-state index contributed by atoms with van der Waals surface area (Å²) in [5, 5.41) is 8.97. The fraction of sp³-hybridized carbons (Fsp3) is 0.154. The van der Waals surface area contributed by atoms with E-state index in [9.17, 15) is 9.59 Å². The number of para-hydroxylation sites is 2. The Balaban J connectivity index is 2.43. The van der Waals surface area contributed by atoms with Crippen LogP contribution >= 0.6 is 0 Å². The second kappa shape index (κ2) is 5.43. The minimum Gasteiger partial charge on any atom is -0.480 e. The minimum atomic E-state index is -1.15. The first kappa shape index (κ1) is 13.6. The van der Waals surface area contributed by atoms with Gasteiger partial charge in [-0.1, -0.05) is 12.1 Å². The number of hydrogen-bond acceptors (Lipinski definition) is 5. The van der Waals surface area contributed by atoms with Gasteiger partial charge in [-0.15, -0.1) is 0 Å². The Kier molecular flexibility index (Phi) is 3.69. The molecule has 104 valence electrons.